The Morgan fingerprint density at radius 3 is 2.95 bits per heavy atom. The van der Waals surface area contributed by atoms with Crippen LogP contribution in [0.15, 0.2) is 18.2 Å². The van der Waals surface area contributed by atoms with E-state index in [2.05, 4.69) is 24.1 Å². The molecule has 0 amide bonds. The van der Waals surface area contributed by atoms with Crippen molar-refractivity contribution in [3.05, 3.63) is 29.6 Å². The Bertz CT molecular complexity index is 448. The molecule has 2 rings (SSSR count). The van der Waals surface area contributed by atoms with Gasteiger partial charge < -0.3 is 15.0 Å². The molecule has 0 aromatic heterocycles. The van der Waals surface area contributed by atoms with Gasteiger partial charge in [0.2, 0.25) is 0 Å². The standard InChI is InChI=1S/C17H27FN2O/c1-4-21-14-7-6-10-20(12-14)17-9-5-8-16(18)15(17)11-19-13(2)3/h5,8-9,13-14,19H,4,6-7,10-12H2,1-3H3. The summed E-state index contributed by atoms with van der Waals surface area (Å²) in [6.07, 6.45) is 2.45. The molecule has 0 aliphatic carbocycles. The first-order valence-electron chi connectivity index (χ1n) is 7.99. The van der Waals surface area contributed by atoms with E-state index < -0.39 is 0 Å². The van der Waals surface area contributed by atoms with Crippen molar-refractivity contribution in [1.29, 1.82) is 0 Å². The fourth-order valence-corrected chi connectivity index (χ4v) is 2.85. The predicted octanol–water partition coefficient (Wildman–Crippen LogP) is 3.33. The number of hydrogen-bond donors (Lipinski definition) is 1. The van der Waals surface area contributed by atoms with Crippen LogP contribution in [-0.2, 0) is 11.3 Å². The molecule has 1 heterocycles. The Hall–Kier alpha value is -1.13. The van der Waals surface area contributed by atoms with Crippen molar-refractivity contribution in [2.75, 3.05) is 24.6 Å². The molecular weight excluding hydrogens is 267 g/mol. The lowest BCUT2D eigenvalue weighted by molar-refractivity contribution is 0.0526. The van der Waals surface area contributed by atoms with E-state index in [1.165, 1.54) is 0 Å². The van der Waals surface area contributed by atoms with Gasteiger partial charge in [-0.1, -0.05) is 19.9 Å². The minimum Gasteiger partial charge on any atom is -0.377 e. The molecule has 1 aromatic carbocycles. The van der Waals surface area contributed by atoms with Crippen LogP contribution in [0, 0.1) is 5.82 Å². The van der Waals surface area contributed by atoms with Crippen molar-refractivity contribution < 1.29 is 9.13 Å². The molecule has 118 valence electrons. The van der Waals surface area contributed by atoms with E-state index in [4.69, 9.17) is 4.74 Å². The quantitative estimate of drug-likeness (QED) is 0.871. The molecule has 3 nitrogen and oxygen atoms in total. The third kappa shape index (κ3) is 4.42. The lowest BCUT2D eigenvalue weighted by Crippen LogP contribution is -2.40. The predicted molar refractivity (Wildman–Crippen MR) is 85.2 cm³/mol. The largest absolute Gasteiger partial charge is 0.377 e. The summed E-state index contributed by atoms with van der Waals surface area (Å²) >= 11 is 0. The van der Waals surface area contributed by atoms with Crippen molar-refractivity contribution >= 4 is 5.69 Å². The zero-order valence-corrected chi connectivity index (χ0v) is 13.4. The summed E-state index contributed by atoms with van der Waals surface area (Å²) in [5.41, 5.74) is 1.77. The number of nitrogens with zero attached hydrogens (tertiary/aromatic N) is 1. The van der Waals surface area contributed by atoms with Crippen LogP contribution in [0.4, 0.5) is 10.1 Å². The SMILES string of the molecule is CCOC1CCCN(c2cccc(F)c2CNC(C)C)C1. The maximum atomic E-state index is 14.2. The molecule has 4 heteroatoms. The minimum atomic E-state index is -0.126. The number of piperidine rings is 1. The van der Waals surface area contributed by atoms with Crippen LogP contribution in [-0.4, -0.2) is 31.8 Å². The molecule has 1 aliphatic heterocycles. The molecule has 1 aromatic rings. The highest BCUT2D eigenvalue weighted by atomic mass is 19.1. The van der Waals surface area contributed by atoms with Gasteiger partial charge in [0, 0.05) is 43.5 Å². The third-order valence-electron chi connectivity index (χ3n) is 3.90. The highest BCUT2D eigenvalue weighted by Crippen LogP contribution is 2.27. The van der Waals surface area contributed by atoms with Gasteiger partial charge in [-0.2, -0.15) is 0 Å². The Morgan fingerprint density at radius 1 is 1.43 bits per heavy atom. The van der Waals surface area contributed by atoms with E-state index in [9.17, 15) is 4.39 Å². The lowest BCUT2D eigenvalue weighted by Gasteiger charge is -2.35. The molecule has 1 aliphatic rings. The van der Waals surface area contributed by atoms with Crippen molar-refractivity contribution in [3.63, 3.8) is 0 Å². The van der Waals surface area contributed by atoms with Crippen LogP contribution < -0.4 is 10.2 Å². The summed E-state index contributed by atoms with van der Waals surface area (Å²) in [4.78, 5) is 2.27. The minimum absolute atomic E-state index is 0.126. The van der Waals surface area contributed by atoms with Crippen molar-refractivity contribution in [2.45, 2.75) is 52.3 Å². The van der Waals surface area contributed by atoms with Crippen molar-refractivity contribution in [2.24, 2.45) is 0 Å². The molecule has 0 bridgehead atoms. The molecular formula is C17H27FN2O. The Balaban J connectivity index is 2.15. The number of hydrogen-bond acceptors (Lipinski definition) is 3. The van der Waals surface area contributed by atoms with Crippen LogP contribution in [0.25, 0.3) is 0 Å². The second-order valence-electron chi connectivity index (χ2n) is 5.94. The van der Waals surface area contributed by atoms with Gasteiger partial charge in [-0.3, -0.25) is 0 Å². The molecule has 1 saturated heterocycles. The zero-order valence-electron chi connectivity index (χ0n) is 13.4. The summed E-state index contributed by atoms with van der Waals surface area (Å²) < 4.78 is 20.0. The fraction of sp³-hybridized carbons (Fsp3) is 0.647. The lowest BCUT2D eigenvalue weighted by atomic mass is 10.0. The Kier molecular flexibility index (Phi) is 6.00. The highest BCUT2D eigenvalue weighted by molar-refractivity contribution is 5.54. The average molecular weight is 294 g/mol. The molecule has 0 spiro atoms. The van der Waals surface area contributed by atoms with Gasteiger partial charge in [0.05, 0.1) is 6.10 Å². The highest BCUT2D eigenvalue weighted by Gasteiger charge is 2.23. The maximum Gasteiger partial charge on any atom is 0.129 e. The van der Waals surface area contributed by atoms with Gasteiger partial charge in [-0.15, -0.1) is 0 Å². The number of anilines is 1. The smallest absolute Gasteiger partial charge is 0.129 e. The first kappa shape index (κ1) is 16.2. The van der Waals surface area contributed by atoms with E-state index in [-0.39, 0.29) is 11.9 Å². The van der Waals surface area contributed by atoms with Crippen molar-refractivity contribution in [3.8, 4) is 0 Å². The molecule has 0 saturated carbocycles. The monoisotopic (exact) mass is 294 g/mol. The molecule has 21 heavy (non-hydrogen) atoms. The average Bonchev–Trinajstić information content (AvgIpc) is 2.46. The van der Waals surface area contributed by atoms with E-state index in [1.807, 2.05) is 13.0 Å². The number of ether oxygens (including phenoxy) is 1. The van der Waals surface area contributed by atoms with Gasteiger partial charge in [0.15, 0.2) is 0 Å². The van der Waals surface area contributed by atoms with Crippen molar-refractivity contribution in [1.82, 2.24) is 5.32 Å². The van der Waals surface area contributed by atoms with E-state index >= 15 is 0 Å². The van der Waals surface area contributed by atoms with E-state index in [0.717, 1.165) is 43.8 Å². The van der Waals surface area contributed by atoms with Crippen LogP contribution in [0.3, 0.4) is 0 Å². The Morgan fingerprint density at radius 2 is 2.24 bits per heavy atom. The van der Waals surface area contributed by atoms with E-state index in [1.54, 1.807) is 12.1 Å². The van der Waals surface area contributed by atoms with Gasteiger partial charge in [0.1, 0.15) is 5.82 Å². The van der Waals surface area contributed by atoms with Gasteiger partial charge >= 0.3 is 0 Å². The van der Waals surface area contributed by atoms with Crippen LogP contribution in [0.5, 0.6) is 0 Å². The second kappa shape index (κ2) is 7.76. The summed E-state index contributed by atoms with van der Waals surface area (Å²) in [5.74, 6) is -0.126. The number of rotatable bonds is 6. The number of benzene rings is 1. The number of nitrogens with one attached hydrogen (secondary N) is 1. The molecule has 1 N–H and O–H groups in total. The van der Waals surface area contributed by atoms with Gasteiger partial charge in [0.25, 0.3) is 0 Å². The molecule has 1 unspecified atom stereocenters. The fourth-order valence-electron chi connectivity index (χ4n) is 2.85. The summed E-state index contributed by atoms with van der Waals surface area (Å²) in [6, 6.07) is 5.71. The first-order valence-corrected chi connectivity index (χ1v) is 7.99. The summed E-state index contributed by atoms with van der Waals surface area (Å²) in [7, 11) is 0. The summed E-state index contributed by atoms with van der Waals surface area (Å²) in [5, 5.41) is 3.32. The summed E-state index contributed by atoms with van der Waals surface area (Å²) in [6.45, 7) is 9.31. The maximum absolute atomic E-state index is 14.2. The normalized spacial score (nSPS) is 19.3. The van der Waals surface area contributed by atoms with Gasteiger partial charge in [-0.05, 0) is 31.9 Å². The molecule has 0 radical (unpaired) electrons. The van der Waals surface area contributed by atoms with Crippen LogP contribution >= 0.6 is 0 Å². The van der Waals surface area contributed by atoms with E-state index in [0.29, 0.717) is 12.6 Å². The number of halogens is 1. The topological polar surface area (TPSA) is 24.5 Å². The zero-order chi connectivity index (χ0) is 15.2. The third-order valence-corrected chi connectivity index (χ3v) is 3.90. The second-order valence-corrected chi connectivity index (χ2v) is 5.94. The van der Waals surface area contributed by atoms with Gasteiger partial charge in [-0.25, -0.2) is 4.39 Å². The first-order chi connectivity index (χ1) is 10.1. The Labute approximate surface area is 127 Å². The van der Waals surface area contributed by atoms with Crippen LogP contribution in [0.1, 0.15) is 39.2 Å². The van der Waals surface area contributed by atoms with Crippen LogP contribution in [0.2, 0.25) is 0 Å². The molecule has 1 fully saturated rings. The molecule has 1 atom stereocenters.